The first-order valence-electron chi connectivity index (χ1n) is 6.47. The summed E-state index contributed by atoms with van der Waals surface area (Å²) in [7, 11) is 0. The van der Waals surface area contributed by atoms with Crippen LogP contribution >= 0.6 is 0 Å². The Labute approximate surface area is 118 Å². The topological polar surface area (TPSA) is 62.0 Å². The highest BCUT2D eigenvalue weighted by Crippen LogP contribution is 2.22. The summed E-state index contributed by atoms with van der Waals surface area (Å²) in [6, 6.07) is 7.29. The van der Waals surface area contributed by atoms with E-state index in [9.17, 15) is 9.59 Å². The molecule has 4 nitrogen and oxygen atoms in total. The maximum absolute atomic E-state index is 12.2. The summed E-state index contributed by atoms with van der Waals surface area (Å²) in [5.41, 5.74) is 4.85. The molecule has 1 aromatic heterocycles. The molecule has 0 spiro atoms. The molecule has 0 bridgehead atoms. The minimum absolute atomic E-state index is 0.0910. The van der Waals surface area contributed by atoms with Gasteiger partial charge in [-0.3, -0.25) is 9.59 Å². The van der Waals surface area contributed by atoms with Gasteiger partial charge < -0.3 is 10.3 Å². The molecule has 0 aliphatic heterocycles. The third kappa shape index (κ3) is 2.79. The smallest absolute Gasteiger partial charge is 0.272 e. The first-order chi connectivity index (χ1) is 9.38. The summed E-state index contributed by atoms with van der Waals surface area (Å²) in [5.74, 6) is -0.334. The lowest BCUT2D eigenvalue weighted by atomic mass is 10.1. The number of carbonyl (C=O) groups is 2. The summed E-state index contributed by atoms with van der Waals surface area (Å²) >= 11 is 0. The highest BCUT2D eigenvalue weighted by Gasteiger charge is 2.13. The molecular formula is C16H18N2O2. The van der Waals surface area contributed by atoms with Gasteiger partial charge in [0.05, 0.1) is 5.69 Å². The van der Waals surface area contributed by atoms with Crippen LogP contribution in [-0.2, 0) is 0 Å². The van der Waals surface area contributed by atoms with Crippen molar-refractivity contribution in [2.75, 3.05) is 5.32 Å². The van der Waals surface area contributed by atoms with Crippen molar-refractivity contribution in [3.63, 3.8) is 0 Å². The Morgan fingerprint density at radius 2 is 1.55 bits per heavy atom. The lowest BCUT2D eigenvalue weighted by Crippen LogP contribution is -2.14. The van der Waals surface area contributed by atoms with Crippen molar-refractivity contribution < 1.29 is 9.59 Å². The Morgan fingerprint density at radius 3 is 2.05 bits per heavy atom. The number of amides is 1. The number of benzene rings is 1. The molecule has 1 amide bonds. The Bertz CT molecular complexity index is 661. The first-order valence-corrected chi connectivity index (χ1v) is 6.47. The lowest BCUT2D eigenvalue weighted by Gasteiger charge is -2.12. The third-order valence-electron chi connectivity index (χ3n) is 3.23. The van der Waals surface area contributed by atoms with Crippen molar-refractivity contribution in [2.24, 2.45) is 0 Å². The van der Waals surface area contributed by atoms with Crippen molar-refractivity contribution in [3.8, 4) is 0 Å². The second-order valence-corrected chi connectivity index (χ2v) is 5.07. The van der Waals surface area contributed by atoms with Gasteiger partial charge in [0.15, 0.2) is 5.78 Å². The van der Waals surface area contributed by atoms with Crippen LogP contribution in [-0.4, -0.2) is 16.7 Å². The van der Waals surface area contributed by atoms with Gasteiger partial charge in [-0.1, -0.05) is 17.7 Å². The minimum atomic E-state index is -0.243. The Morgan fingerprint density at radius 1 is 1.00 bits per heavy atom. The number of H-pyrrole nitrogens is 1. The number of hydrogen-bond donors (Lipinski definition) is 2. The van der Waals surface area contributed by atoms with Gasteiger partial charge in [0, 0.05) is 12.6 Å². The number of ketones is 1. The molecule has 0 aliphatic rings. The summed E-state index contributed by atoms with van der Waals surface area (Å²) < 4.78 is 0. The largest absolute Gasteiger partial charge is 0.348 e. The quantitative estimate of drug-likeness (QED) is 0.840. The number of Topliss-reactive ketones (excluding diaryl/α,β-unsaturated/α-hetero) is 1. The van der Waals surface area contributed by atoms with Gasteiger partial charge >= 0.3 is 0 Å². The second-order valence-electron chi connectivity index (χ2n) is 5.07. The number of hydrogen-bond acceptors (Lipinski definition) is 2. The number of nitrogens with one attached hydrogen (secondary N) is 2. The van der Waals surface area contributed by atoms with Crippen LogP contribution in [0.4, 0.5) is 5.69 Å². The van der Waals surface area contributed by atoms with Crippen molar-refractivity contribution in [1.82, 2.24) is 4.98 Å². The molecule has 1 heterocycles. The zero-order valence-corrected chi connectivity index (χ0v) is 12.1. The predicted octanol–water partition coefficient (Wildman–Crippen LogP) is 3.39. The van der Waals surface area contributed by atoms with Crippen LogP contribution in [0, 0.1) is 20.8 Å². The van der Waals surface area contributed by atoms with Crippen molar-refractivity contribution in [3.05, 3.63) is 52.3 Å². The molecule has 4 heteroatoms. The maximum Gasteiger partial charge on any atom is 0.272 e. The fourth-order valence-corrected chi connectivity index (χ4v) is 2.29. The zero-order valence-electron chi connectivity index (χ0n) is 12.1. The summed E-state index contributed by atoms with van der Waals surface area (Å²) in [4.78, 5) is 26.2. The monoisotopic (exact) mass is 270 g/mol. The Balaban J connectivity index is 2.25. The Kier molecular flexibility index (Phi) is 3.74. The van der Waals surface area contributed by atoms with E-state index in [4.69, 9.17) is 0 Å². The molecule has 1 aromatic carbocycles. The maximum atomic E-state index is 12.2. The van der Waals surface area contributed by atoms with Crippen LogP contribution in [0.5, 0.6) is 0 Å². The molecule has 2 N–H and O–H groups in total. The normalized spacial score (nSPS) is 10.4. The van der Waals surface area contributed by atoms with Gasteiger partial charge in [0.1, 0.15) is 5.69 Å². The molecule has 20 heavy (non-hydrogen) atoms. The predicted molar refractivity (Wildman–Crippen MR) is 79.4 cm³/mol. The lowest BCUT2D eigenvalue weighted by molar-refractivity contribution is 0.101. The highest BCUT2D eigenvalue weighted by atomic mass is 16.2. The van der Waals surface area contributed by atoms with E-state index in [2.05, 4.69) is 10.3 Å². The molecule has 0 saturated heterocycles. The number of rotatable bonds is 3. The average Bonchev–Trinajstić information content (AvgIpc) is 2.83. The van der Waals surface area contributed by atoms with Crippen LogP contribution < -0.4 is 5.32 Å². The summed E-state index contributed by atoms with van der Waals surface area (Å²) in [6.45, 7) is 7.41. The standard InChI is InChI=1S/C16H18N2O2/c1-9-7-10(2)15(11(3)8-9)18-16(20)14-6-5-13(17-14)12(4)19/h5-8,17H,1-4H3,(H,18,20). The van der Waals surface area contributed by atoms with Crippen molar-refractivity contribution >= 4 is 17.4 Å². The summed E-state index contributed by atoms with van der Waals surface area (Å²) in [6.07, 6.45) is 0. The van der Waals surface area contributed by atoms with Gasteiger partial charge in [-0.25, -0.2) is 0 Å². The second kappa shape index (κ2) is 5.33. The fourth-order valence-electron chi connectivity index (χ4n) is 2.29. The number of aromatic amines is 1. The van der Waals surface area contributed by atoms with Gasteiger partial charge in [-0.15, -0.1) is 0 Å². The van der Waals surface area contributed by atoms with Crippen LogP contribution in [0.15, 0.2) is 24.3 Å². The minimum Gasteiger partial charge on any atom is -0.348 e. The first kappa shape index (κ1) is 14.1. The fraction of sp³-hybridized carbons (Fsp3) is 0.250. The van der Waals surface area contributed by atoms with Gasteiger partial charge in [-0.05, 0) is 44.0 Å². The van der Waals surface area contributed by atoms with Crippen molar-refractivity contribution in [2.45, 2.75) is 27.7 Å². The third-order valence-corrected chi connectivity index (χ3v) is 3.23. The van der Waals surface area contributed by atoms with Crippen LogP contribution in [0.3, 0.4) is 0 Å². The van der Waals surface area contributed by atoms with E-state index in [1.54, 1.807) is 12.1 Å². The van der Waals surface area contributed by atoms with E-state index in [1.807, 2.05) is 32.9 Å². The molecule has 0 aliphatic carbocycles. The molecule has 0 atom stereocenters. The highest BCUT2D eigenvalue weighted by molar-refractivity contribution is 6.05. The summed E-state index contributed by atoms with van der Waals surface area (Å²) in [5, 5.41) is 2.89. The van der Waals surface area contributed by atoms with Crippen LogP contribution in [0.2, 0.25) is 0 Å². The number of aryl methyl sites for hydroxylation is 3. The molecule has 0 saturated carbocycles. The number of anilines is 1. The zero-order chi connectivity index (χ0) is 14.9. The average molecular weight is 270 g/mol. The molecule has 2 rings (SSSR count). The molecular weight excluding hydrogens is 252 g/mol. The molecule has 104 valence electrons. The van der Waals surface area contributed by atoms with Gasteiger partial charge in [-0.2, -0.15) is 0 Å². The molecule has 0 radical (unpaired) electrons. The molecule has 0 fully saturated rings. The number of aromatic nitrogens is 1. The molecule has 0 unspecified atom stereocenters. The Hall–Kier alpha value is -2.36. The number of carbonyl (C=O) groups excluding carboxylic acids is 2. The van der Waals surface area contributed by atoms with E-state index in [0.717, 1.165) is 22.4 Å². The van der Waals surface area contributed by atoms with E-state index in [1.165, 1.54) is 6.92 Å². The van der Waals surface area contributed by atoms with E-state index in [-0.39, 0.29) is 11.7 Å². The molecule has 2 aromatic rings. The van der Waals surface area contributed by atoms with E-state index in [0.29, 0.717) is 11.4 Å². The van der Waals surface area contributed by atoms with Gasteiger partial charge in [0.25, 0.3) is 5.91 Å². The van der Waals surface area contributed by atoms with Crippen LogP contribution in [0.1, 0.15) is 44.6 Å². The van der Waals surface area contributed by atoms with Crippen molar-refractivity contribution in [1.29, 1.82) is 0 Å². The van der Waals surface area contributed by atoms with E-state index < -0.39 is 0 Å². The van der Waals surface area contributed by atoms with Gasteiger partial charge in [0.2, 0.25) is 0 Å². The van der Waals surface area contributed by atoms with Crippen LogP contribution in [0.25, 0.3) is 0 Å². The van der Waals surface area contributed by atoms with E-state index >= 15 is 0 Å². The SMILES string of the molecule is CC(=O)c1ccc(C(=O)Nc2c(C)cc(C)cc2C)[nH]1.